The number of nitrogen functional groups attached to an aromatic ring is 1. The Morgan fingerprint density at radius 2 is 2.10 bits per heavy atom. The van der Waals surface area contributed by atoms with Gasteiger partial charge in [-0.1, -0.05) is 12.1 Å². The van der Waals surface area contributed by atoms with Gasteiger partial charge in [0.1, 0.15) is 5.82 Å². The summed E-state index contributed by atoms with van der Waals surface area (Å²) in [6, 6.07) is 8.40. The number of benzene rings is 1. The van der Waals surface area contributed by atoms with Gasteiger partial charge in [0.15, 0.2) is 0 Å². The van der Waals surface area contributed by atoms with Crippen LogP contribution in [0.1, 0.15) is 10.4 Å². The Morgan fingerprint density at radius 1 is 1.24 bits per heavy atom. The fourth-order valence-electron chi connectivity index (χ4n) is 2.09. The number of carboxylic acids is 1. The van der Waals surface area contributed by atoms with Gasteiger partial charge in [0, 0.05) is 24.2 Å². The van der Waals surface area contributed by atoms with Crippen molar-refractivity contribution >= 4 is 11.7 Å². The lowest BCUT2D eigenvalue weighted by molar-refractivity contribution is 0.0697. The molecule has 1 aromatic carbocycles. The number of nitrogens with two attached hydrogens (primary N) is 1. The molecular weight excluding hydrogens is 268 g/mol. The molecule has 21 heavy (non-hydrogen) atoms. The highest BCUT2D eigenvalue weighted by atomic mass is 16.4. The molecule has 6 heteroatoms. The summed E-state index contributed by atoms with van der Waals surface area (Å²) in [4.78, 5) is 19.4. The van der Waals surface area contributed by atoms with Gasteiger partial charge in [-0.2, -0.15) is 0 Å². The van der Waals surface area contributed by atoms with Gasteiger partial charge in [0.05, 0.1) is 23.1 Å². The fraction of sp³-hybridized carbons (Fsp3) is 0. The van der Waals surface area contributed by atoms with E-state index in [1.165, 1.54) is 0 Å². The molecule has 2 aromatic heterocycles. The largest absolute Gasteiger partial charge is 0.478 e. The van der Waals surface area contributed by atoms with Crippen LogP contribution in [0.3, 0.4) is 0 Å². The summed E-state index contributed by atoms with van der Waals surface area (Å²) in [5.41, 5.74) is 7.98. The molecule has 6 nitrogen and oxygen atoms in total. The summed E-state index contributed by atoms with van der Waals surface area (Å²) in [7, 11) is 0. The molecule has 0 aliphatic carbocycles. The maximum atomic E-state index is 11.1. The highest BCUT2D eigenvalue weighted by Gasteiger charge is 2.10. The highest BCUT2D eigenvalue weighted by Crippen LogP contribution is 2.22. The van der Waals surface area contributed by atoms with E-state index in [9.17, 15) is 4.79 Å². The summed E-state index contributed by atoms with van der Waals surface area (Å²) in [5, 5.41) is 9.08. The molecule has 3 rings (SSSR count). The first-order chi connectivity index (χ1) is 10.1. The monoisotopic (exact) mass is 280 g/mol. The molecule has 0 atom stereocenters. The topological polar surface area (TPSA) is 94.0 Å². The number of rotatable bonds is 3. The Kier molecular flexibility index (Phi) is 3.12. The second-order valence-electron chi connectivity index (χ2n) is 4.48. The molecule has 104 valence electrons. The number of carbonyl (C=O) groups is 1. The van der Waals surface area contributed by atoms with E-state index in [1.807, 2.05) is 10.6 Å². The number of hydrogen-bond acceptors (Lipinski definition) is 4. The van der Waals surface area contributed by atoms with Crippen LogP contribution in [0.5, 0.6) is 0 Å². The molecule has 0 saturated heterocycles. The van der Waals surface area contributed by atoms with E-state index in [2.05, 4.69) is 9.97 Å². The number of pyridine rings is 1. The highest BCUT2D eigenvalue weighted by molar-refractivity contribution is 5.89. The third-order valence-electron chi connectivity index (χ3n) is 3.03. The minimum Gasteiger partial charge on any atom is -0.478 e. The molecule has 0 bridgehead atoms. The standard InChI is InChI=1S/C15H12N4O2/c16-12-7-13(9-17-8-12)19-5-4-18-14(19)10-2-1-3-11(6-10)15(20)21/h1-9H,16H2,(H,20,21). The van der Waals surface area contributed by atoms with Gasteiger partial charge in [-0.3, -0.25) is 9.55 Å². The van der Waals surface area contributed by atoms with Gasteiger partial charge >= 0.3 is 5.97 Å². The number of hydrogen-bond donors (Lipinski definition) is 2. The van der Waals surface area contributed by atoms with Crippen molar-refractivity contribution in [1.29, 1.82) is 0 Å². The van der Waals surface area contributed by atoms with Crippen molar-refractivity contribution in [1.82, 2.24) is 14.5 Å². The maximum absolute atomic E-state index is 11.1. The van der Waals surface area contributed by atoms with Crippen LogP contribution in [0.4, 0.5) is 5.69 Å². The number of nitrogens with zero attached hydrogens (tertiary/aromatic N) is 3. The average molecular weight is 280 g/mol. The minimum absolute atomic E-state index is 0.216. The van der Waals surface area contributed by atoms with Crippen molar-refractivity contribution in [2.45, 2.75) is 0 Å². The molecule has 3 N–H and O–H groups in total. The zero-order valence-corrected chi connectivity index (χ0v) is 11.0. The molecule has 0 amide bonds. The zero-order chi connectivity index (χ0) is 14.8. The van der Waals surface area contributed by atoms with Gasteiger partial charge in [0.2, 0.25) is 0 Å². The second-order valence-corrected chi connectivity index (χ2v) is 4.48. The Labute approximate surface area is 120 Å². The molecule has 3 aromatic rings. The van der Waals surface area contributed by atoms with Crippen molar-refractivity contribution in [3.8, 4) is 17.1 Å². The van der Waals surface area contributed by atoms with Crippen molar-refractivity contribution in [2.75, 3.05) is 5.73 Å². The first-order valence-corrected chi connectivity index (χ1v) is 6.23. The fourth-order valence-corrected chi connectivity index (χ4v) is 2.09. The lowest BCUT2D eigenvalue weighted by Gasteiger charge is -2.08. The third-order valence-corrected chi connectivity index (χ3v) is 3.03. The van der Waals surface area contributed by atoms with Crippen molar-refractivity contribution in [3.05, 3.63) is 60.7 Å². The van der Waals surface area contributed by atoms with E-state index in [4.69, 9.17) is 10.8 Å². The van der Waals surface area contributed by atoms with E-state index in [0.29, 0.717) is 17.1 Å². The predicted octanol–water partition coefficient (Wildman–Crippen LogP) is 2.21. The smallest absolute Gasteiger partial charge is 0.335 e. The molecule has 0 radical (unpaired) electrons. The quantitative estimate of drug-likeness (QED) is 0.767. The van der Waals surface area contributed by atoms with E-state index >= 15 is 0 Å². The Balaban J connectivity index is 2.11. The zero-order valence-electron chi connectivity index (χ0n) is 11.0. The van der Waals surface area contributed by atoms with Gasteiger partial charge < -0.3 is 10.8 Å². The minimum atomic E-state index is -0.972. The van der Waals surface area contributed by atoms with Crippen LogP contribution in [-0.4, -0.2) is 25.6 Å². The van der Waals surface area contributed by atoms with Crippen molar-refractivity contribution < 1.29 is 9.90 Å². The molecule has 2 heterocycles. The normalized spacial score (nSPS) is 10.5. The molecule has 0 fully saturated rings. The van der Waals surface area contributed by atoms with E-state index < -0.39 is 5.97 Å². The van der Waals surface area contributed by atoms with Crippen LogP contribution in [0.25, 0.3) is 17.1 Å². The first-order valence-electron chi connectivity index (χ1n) is 6.23. The van der Waals surface area contributed by atoms with Gasteiger partial charge in [-0.15, -0.1) is 0 Å². The van der Waals surface area contributed by atoms with Gasteiger partial charge in [-0.25, -0.2) is 9.78 Å². The summed E-state index contributed by atoms with van der Waals surface area (Å²) >= 11 is 0. The van der Waals surface area contributed by atoms with Crippen LogP contribution in [0, 0.1) is 0 Å². The molecule has 0 aliphatic rings. The Bertz CT molecular complexity index is 811. The number of aromatic nitrogens is 3. The summed E-state index contributed by atoms with van der Waals surface area (Å²) in [6.07, 6.45) is 6.65. The Hall–Kier alpha value is -3.15. The number of anilines is 1. The van der Waals surface area contributed by atoms with Crippen LogP contribution >= 0.6 is 0 Å². The van der Waals surface area contributed by atoms with Crippen LogP contribution in [-0.2, 0) is 0 Å². The lowest BCUT2D eigenvalue weighted by Crippen LogP contribution is -2.00. The molecule has 0 spiro atoms. The maximum Gasteiger partial charge on any atom is 0.335 e. The molecule has 0 aliphatic heterocycles. The van der Waals surface area contributed by atoms with Crippen molar-refractivity contribution in [3.63, 3.8) is 0 Å². The number of imidazole rings is 1. The molecular formula is C15H12N4O2. The third kappa shape index (κ3) is 2.46. The average Bonchev–Trinajstić information content (AvgIpc) is 2.97. The molecule has 0 unspecified atom stereocenters. The Morgan fingerprint density at radius 3 is 2.86 bits per heavy atom. The van der Waals surface area contributed by atoms with Gasteiger partial charge in [-0.05, 0) is 18.2 Å². The van der Waals surface area contributed by atoms with Crippen LogP contribution < -0.4 is 5.73 Å². The second kappa shape index (κ2) is 5.09. The van der Waals surface area contributed by atoms with Gasteiger partial charge in [0.25, 0.3) is 0 Å². The van der Waals surface area contributed by atoms with E-state index in [0.717, 1.165) is 5.69 Å². The predicted molar refractivity (Wildman–Crippen MR) is 78.2 cm³/mol. The SMILES string of the molecule is Nc1cncc(-n2ccnc2-c2cccc(C(=O)O)c2)c1. The first kappa shape index (κ1) is 12.9. The summed E-state index contributed by atoms with van der Waals surface area (Å²) < 4.78 is 1.81. The van der Waals surface area contributed by atoms with Crippen LogP contribution in [0.2, 0.25) is 0 Å². The van der Waals surface area contributed by atoms with E-state index in [-0.39, 0.29) is 5.56 Å². The van der Waals surface area contributed by atoms with Crippen molar-refractivity contribution in [2.24, 2.45) is 0 Å². The number of aromatic carboxylic acids is 1. The number of carboxylic acid groups (broad SMARTS) is 1. The summed E-state index contributed by atoms with van der Waals surface area (Å²) in [6.45, 7) is 0. The van der Waals surface area contributed by atoms with Crippen LogP contribution in [0.15, 0.2) is 55.1 Å². The van der Waals surface area contributed by atoms with E-state index in [1.54, 1.807) is 49.1 Å². The summed E-state index contributed by atoms with van der Waals surface area (Å²) in [5.74, 6) is -0.342. The molecule has 0 saturated carbocycles. The lowest BCUT2D eigenvalue weighted by atomic mass is 10.1.